The van der Waals surface area contributed by atoms with Crippen molar-refractivity contribution >= 4 is 17.7 Å². The molecular formula is C18H29N5O2. The topological polar surface area (TPSA) is 70.6 Å². The standard InChI is InChI=1S/C18H29N5O2/c1-19-15-6-9-20-17(21-15)23-10-3-7-18(14-23)8-5-16(24)22(13-18)11-4-12-25-2/h6,9H,3-5,7-8,10-14H2,1-2H3,(H,19,20,21)/t18-/m1/s1. The van der Waals surface area contributed by atoms with Crippen molar-refractivity contribution in [3.63, 3.8) is 0 Å². The van der Waals surface area contributed by atoms with E-state index in [1.165, 1.54) is 6.42 Å². The van der Waals surface area contributed by atoms with Gasteiger partial charge in [-0.15, -0.1) is 0 Å². The van der Waals surface area contributed by atoms with Gasteiger partial charge in [0.1, 0.15) is 5.82 Å². The first kappa shape index (κ1) is 17.9. The second kappa shape index (κ2) is 7.99. The Kier molecular flexibility index (Phi) is 5.73. The van der Waals surface area contributed by atoms with E-state index in [9.17, 15) is 4.79 Å². The molecular weight excluding hydrogens is 318 g/mol. The molecule has 2 aliphatic heterocycles. The Bertz CT molecular complexity index is 597. The van der Waals surface area contributed by atoms with Crippen molar-refractivity contribution in [2.24, 2.45) is 5.41 Å². The maximum Gasteiger partial charge on any atom is 0.227 e. The second-order valence-corrected chi connectivity index (χ2v) is 7.18. The predicted molar refractivity (Wildman–Crippen MR) is 97.8 cm³/mol. The molecule has 0 bridgehead atoms. The lowest BCUT2D eigenvalue weighted by atomic mass is 9.73. The van der Waals surface area contributed by atoms with E-state index in [0.717, 1.165) is 57.2 Å². The number of anilines is 2. The molecule has 1 N–H and O–H groups in total. The molecule has 2 aliphatic rings. The first-order chi connectivity index (χ1) is 12.2. The largest absolute Gasteiger partial charge is 0.385 e. The zero-order valence-corrected chi connectivity index (χ0v) is 15.3. The Balaban J connectivity index is 1.69. The van der Waals surface area contributed by atoms with Crippen molar-refractivity contribution in [3.8, 4) is 0 Å². The number of carbonyl (C=O) groups excluding carboxylic acids is 1. The fourth-order valence-corrected chi connectivity index (χ4v) is 4.06. The average Bonchev–Trinajstić information content (AvgIpc) is 2.65. The van der Waals surface area contributed by atoms with E-state index in [-0.39, 0.29) is 11.3 Å². The van der Waals surface area contributed by atoms with Gasteiger partial charge in [-0.1, -0.05) is 0 Å². The SMILES string of the molecule is CNc1ccnc(N2CCC[C@]3(CCC(=O)N(CCCOC)C3)C2)n1. The molecule has 25 heavy (non-hydrogen) atoms. The second-order valence-electron chi connectivity index (χ2n) is 7.18. The monoisotopic (exact) mass is 347 g/mol. The van der Waals surface area contributed by atoms with Crippen molar-refractivity contribution in [2.75, 3.05) is 57.2 Å². The third-order valence-corrected chi connectivity index (χ3v) is 5.37. The van der Waals surface area contributed by atoms with Gasteiger partial charge in [-0.3, -0.25) is 4.79 Å². The Morgan fingerprint density at radius 3 is 3.04 bits per heavy atom. The number of hydrogen-bond donors (Lipinski definition) is 1. The van der Waals surface area contributed by atoms with Crippen molar-refractivity contribution in [3.05, 3.63) is 12.3 Å². The number of piperidine rings is 2. The summed E-state index contributed by atoms with van der Waals surface area (Å²) < 4.78 is 5.13. The summed E-state index contributed by atoms with van der Waals surface area (Å²) in [4.78, 5) is 25.7. The summed E-state index contributed by atoms with van der Waals surface area (Å²) in [5.74, 6) is 1.91. The van der Waals surface area contributed by atoms with Gasteiger partial charge in [-0.05, 0) is 31.7 Å². The Morgan fingerprint density at radius 2 is 2.24 bits per heavy atom. The molecule has 3 heterocycles. The Morgan fingerprint density at radius 1 is 1.36 bits per heavy atom. The van der Waals surface area contributed by atoms with Crippen LogP contribution in [0.3, 0.4) is 0 Å². The third kappa shape index (κ3) is 4.21. The summed E-state index contributed by atoms with van der Waals surface area (Å²) in [6.45, 7) is 4.24. The number of likely N-dealkylation sites (tertiary alicyclic amines) is 1. The van der Waals surface area contributed by atoms with Crippen LogP contribution in [0.2, 0.25) is 0 Å². The molecule has 0 aromatic carbocycles. The van der Waals surface area contributed by atoms with Gasteiger partial charge in [-0.2, -0.15) is 4.98 Å². The number of methoxy groups -OCH3 is 1. The zero-order valence-electron chi connectivity index (χ0n) is 15.3. The molecule has 0 aliphatic carbocycles. The highest BCUT2D eigenvalue weighted by molar-refractivity contribution is 5.77. The van der Waals surface area contributed by atoms with E-state index in [0.29, 0.717) is 13.0 Å². The zero-order chi connectivity index (χ0) is 17.7. The number of nitrogens with one attached hydrogen (secondary N) is 1. The van der Waals surface area contributed by atoms with Crippen LogP contribution in [-0.2, 0) is 9.53 Å². The third-order valence-electron chi connectivity index (χ3n) is 5.37. The van der Waals surface area contributed by atoms with Gasteiger partial charge in [-0.25, -0.2) is 4.98 Å². The Hall–Kier alpha value is -1.89. The molecule has 1 spiro atoms. The first-order valence-corrected chi connectivity index (χ1v) is 9.18. The number of ether oxygens (including phenoxy) is 1. The molecule has 1 atom stereocenters. The highest BCUT2D eigenvalue weighted by atomic mass is 16.5. The molecule has 0 saturated carbocycles. The molecule has 1 aromatic rings. The number of nitrogens with zero attached hydrogens (tertiary/aromatic N) is 4. The average molecular weight is 347 g/mol. The van der Waals surface area contributed by atoms with E-state index in [1.54, 1.807) is 13.3 Å². The minimum absolute atomic E-state index is 0.165. The lowest BCUT2D eigenvalue weighted by Crippen LogP contribution is -2.54. The highest BCUT2D eigenvalue weighted by Crippen LogP contribution is 2.39. The van der Waals surface area contributed by atoms with Crippen LogP contribution in [0.4, 0.5) is 11.8 Å². The molecule has 0 radical (unpaired) electrons. The smallest absolute Gasteiger partial charge is 0.227 e. The molecule has 138 valence electrons. The molecule has 7 heteroatoms. The molecule has 3 rings (SSSR count). The van der Waals surface area contributed by atoms with Gasteiger partial charge in [0.25, 0.3) is 0 Å². The molecule has 1 aromatic heterocycles. The number of aromatic nitrogens is 2. The summed E-state index contributed by atoms with van der Waals surface area (Å²) in [5.41, 5.74) is 0.165. The van der Waals surface area contributed by atoms with Crippen LogP contribution >= 0.6 is 0 Å². The summed E-state index contributed by atoms with van der Waals surface area (Å²) in [6, 6.07) is 1.88. The lowest BCUT2D eigenvalue weighted by Gasteiger charge is -2.48. The summed E-state index contributed by atoms with van der Waals surface area (Å²) in [7, 11) is 3.58. The van der Waals surface area contributed by atoms with Crippen molar-refractivity contribution in [1.82, 2.24) is 14.9 Å². The van der Waals surface area contributed by atoms with Crippen LogP contribution in [0.15, 0.2) is 12.3 Å². The maximum absolute atomic E-state index is 12.3. The van der Waals surface area contributed by atoms with Crippen molar-refractivity contribution in [2.45, 2.75) is 32.1 Å². The van der Waals surface area contributed by atoms with Crippen molar-refractivity contribution < 1.29 is 9.53 Å². The van der Waals surface area contributed by atoms with Crippen LogP contribution in [0.5, 0.6) is 0 Å². The minimum atomic E-state index is 0.165. The van der Waals surface area contributed by atoms with E-state index < -0.39 is 0 Å². The quantitative estimate of drug-likeness (QED) is 0.791. The fourth-order valence-electron chi connectivity index (χ4n) is 4.06. The van der Waals surface area contributed by atoms with E-state index in [2.05, 4.69) is 20.2 Å². The summed E-state index contributed by atoms with van der Waals surface area (Å²) >= 11 is 0. The van der Waals surface area contributed by atoms with Gasteiger partial charge < -0.3 is 19.9 Å². The molecule has 0 unspecified atom stereocenters. The van der Waals surface area contributed by atoms with Crippen molar-refractivity contribution in [1.29, 1.82) is 0 Å². The summed E-state index contributed by atoms with van der Waals surface area (Å²) in [5, 5.41) is 3.08. The van der Waals surface area contributed by atoms with E-state index in [4.69, 9.17) is 4.74 Å². The number of hydrogen-bond acceptors (Lipinski definition) is 6. The van der Waals surface area contributed by atoms with Gasteiger partial charge >= 0.3 is 0 Å². The summed E-state index contributed by atoms with van der Waals surface area (Å²) in [6.07, 6.45) is 6.61. The van der Waals surface area contributed by atoms with Gasteiger partial charge in [0.15, 0.2) is 0 Å². The molecule has 7 nitrogen and oxygen atoms in total. The Labute approximate surface area is 149 Å². The molecule has 2 saturated heterocycles. The number of amides is 1. The number of rotatable bonds is 6. The van der Waals surface area contributed by atoms with Gasteiger partial charge in [0.2, 0.25) is 11.9 Å². The first-order valence-electron chi connectivity index (χ1n) is 9.18. The normalized spacial score (nSPS) is 24.0. The van der Waals surface area contributed by atoms with E-state index in [1.807, 2.05) is 18.0 Å². The van der Waals surface area contributed by atoms with Crippen LogP contribution in [0.1, 0.15) is 32.1 Å². The van der Waals surface area contributed by atoms with Gasteiger partial charge in [0, 0.05) is 65.0 Å². The fraction of sp³-hybridized carbons (Fsp3) is 0.722. The highest BCUT2D eigenvalue weighted by Gasteiger charge is 2.42. The lowest BCUT2D eigenvalue weighted by molar-refractivity contribution is -0.138. The van der Waals surface area contributed by atoms with Crippen LogP contribution in [0, 0.1) is 5.41 Å². The van der Waals surface area contributed by atoms with Crippen LogP contribution in [-0.4, -0.2) is 67.7 Å². The molecule has 2 fully saturated rings. The predicted octanol–water partition coefficient (Wildman–Crippen LogP) is 1.76. The minimum Gasteiger partial charge on any atom is -0.385 e. The van der Waals surface area contributed by atoms with E-state index >= 15 is 0 Å². The van der Waals surface area contributed by atoms with Crippen LogP contribution < -0.4 is 10.2 Å². The van der Waals surface area contributed by atoms with Crippen LogP contribution in [0.25, 0.3) is 0 Å². The molecule has 1 amide bonds. The van der Waals surface area contributed by atoms with Gasteiger partial charge in [0.05, 0.1) is 0 Å². The number of carbonyl (C=O) groups is 1. The maximum atomic E-state index is 12.3.